The van der Waals surface area contributed by atoms with Crippen LogP contribution in [0.5, 0.6) is 0 Å². The Balaban J connectivity index is 2.93. The summed E-state index contributed by atoms with van der Waals surface area (Å²) in [7, 11) is 0. The van der Waals surface area contributed by atoms with E-state index in [1.54, 1.807) is 0 Å². The molecular formula is C15H23Cl2N. The second-order valence-electron chi connectivity index (χ2n) is 4.85. The van der Waals surface area contributed by atoms with Crippen molar-refractivity contribution in [3.63, 3.8) is 0 Å². The van der Waals surface area contributed by atoms with E-state index in [4.69, 9.17) is 23.2 Å². The summed E-state index contributed by atoms with van der Waals surface area (Å²) in [6.45, 7) is 8.62. The Kier molecular flexibility index (Phi) is 7.06. The molecule has 0 bridgehead atoms. The van der Waals surface area contributed by atoms with Gasteiger partial charge in [0.15, 0.2) is 0 Å². The minimum atomic E-state index is 0.453. The lowest BCUT2D eigenvalue weighted by Gasteiger charge is -2.25. The smallest absolute Gasteiger partial charge is 0.0456 e. The average Bonchev–Trinajstić information content (AvgIpc) is 2.32. The molecule has 0 amide bonds. The normalized spacial score (nSPS) is 14.5. The van der Waals surface area contributed by atoms with E-state index in [1.165, 1.54) is 18.4 Å². The molecule has 1 aromatic carbocycles. The molecule has 1 nitrogen and oxygen atoms in total. The van der Waals surface area contributed by atoms with Crippen molar-refractivity contribution in [1.82, 2.24) is 5.32 Å². The second-order valence-corrected chi connectivity index (χ2v) is 5.69. The zero-order valence-electron chi connectivity index (χ0n) is 11.5. The molecule has 0 saturated carbocycles. The highest BCUT2D eigenvalue weighted by molar-refractivity contribution is 6.35. The van der Waals surface area contributed by atoms with Gasteiger partial charge in [0.05, 0.1) is 0 Å². The quantitative estimate of drug-likeness (QED) is 0.734. The molecule has 3 heteroatoms. The van der Waals surface area contributed by atoms with Crippen LogP contribution >= 0.6 is 23.2 Å². The van der Waals surface area contributed by atoms with Gasteiger partial charge in [-0.1, -0.05) is 62.9 Å². The van der Waals surface area contributed by atoms with Crippen LogP contribution in [-0.4, -0.2) is 13.1 Å². The number of halogens is 2. The molecule has 1 rings (SSSR count). The first kappa shape index (κ1) is 15.8. The van der Waals surface area contributed by atoms with Crippen molar-refractivity contribution in [3.8, 4) is 0 Å². The first-order chi connectivity index (χ1) is 8.60. The molecule has 0 fully saturated rings. The number of benzene rings is 1. The SMILES string of the molecule is CCCC(C)C(CNCC)c1ccc(Cl)cc1Cl. The summed E-state index contributed by atoms with van der Waals surface area (Å²) in [5, 5.41) is 4.92. The topological polar surface area (TPSA) is 12.0 Å². The maximum atomic E-state index is 6.34. The van der Waals surface area contributed by atoms with Gasteiger partial charge in [-0.25, -0.2) is 0 Å². The third kappa shape index (κ3) is 4.46. The molecular weight excluding hydrogens is 265 g/mol. The van der Waals surface area contributed by atoms with Gasteiger partial charge in [0.25, 0.3) is 0 Å². The van der Waals surface area contributed by atoms with E-state index in [9.17, 15) is 0 Å². The molecule has 1 aromatic rings. The lowest BCUT2D eigenvalue weighted by Crippen LogP contribution is -2.25. The van der Waals surface area contributed by atoms with Crippen molar-refractivity contribution < 1.29 is 0 Å². The molecule has 18 heavy (non-hydrogen) atoms. The van der Waals surface area contributed by atoms with Gasteiger partial charge in [-0.2, -0.15) is 0 Å². The molecule has 0 saturated heterocycles. The minimum absolute atomic E-state index is 0.453. The predicted molar refractivity (Wildman–Crippen MR) is 81.8 cm³/mol. The van der Waals surface area contributed by atoms with Crippen LogP contribution in [0.1, 0.15) is 45.1 Å². The first-order valence-corrected chi connectivity index (χ1v) is 7.51. The third-order valence-electron chi connectivity index (χ3n) is 3.41. The van der Waals surface area contributed by atoms with Gasteiger partial charge < -0.3 is 5.32 Å². The number of hydrogen-bond donors (Lipinski definition) is 1. The lowest BCUT2D eigenvalue weighted by molar-refractivity contribution is 0.407. The second kappa shape index (κ2) is 8.04. The van der Waals surface area contributed by atoms with E-state index in [1.807, 2.05) is 12.1 Å². The summed E-state index contributed by atoms with van der Waals surface area (Å²) in [6.07, 6.45) is 2.42. The molecule has 0 heterocycles. The molecule has 0 aliphatic rings. The summed E-state index contributed by atoms with van der Waals surface area (Å²) in [5.41, 5.74) is 1.21. The van der Waals surface area contributed by atoms with Gasteiger partial charge >= 0.3 is 0 Å². The Morgan fingerprint density at radius 2 is 1.94 bits per heavy atom. The van der Waals surface area contributed by atoms with Gasteiger partial charge in [-0.3, -0.25) is 0 Å². The van der Waals surface area contributed by atoms with Crippen LogP contribution in [0, 0.1) is 5.92 Å². The van der Waals surface area contributed by atoms with Gasteiger partial charge in [-0.05, 0) is 30.2 Å². The van der Waals surface area contributed by atoms with Crippen molar-refractivity contribution in [2.75, 3.05) is 13.1 Å². The molecule has 1 N–H and O–H groups in total. The van der Waals surface area contributed by atoms with E-state index < -0.39 is 0 Å². The highest BCUT2D eigenvalue weighted by atomic mass is 35.5. The zero-order valence-corrected chi connectivity index (χ0v) is 13.0. The van der Waals surface area contributed by atoms with E-state index >= 15 is 0 Å². The summed E-state index contributed by atoms with van der Waals surface area (Å²) in [6, 6.07) is 5.84. The lowest BCUT2D eigenvalue weighted by atomic mass is 9.84. The molecule has 102 valence electrons. The van der Waals surface area contributed by atoms with Crippen LogP contribution in [0.25, 0.3) is 0 Å². The van der Waals surface area contributed by atoms with Gasteiger partial charge in [-0.15, -0.1) is 0 Å². The molecule has 0 aliphatic heterocycles. The van der Waals surface area contributed by atoms with Crippen molar-refractivity contribution in [2.24, 2.45) is 5.92 Å². The van der Waals surface area contributed by atoms with Gasteiger partial charge in [0.2, 0.25) is 0 Å². The van der Waals surface area contributed by atoms with E-state index in [-0.39, 0.29) is 0 Å². The zero-order chi connectivity index (χ0) is 13.5. The van der Waals surface area contributed by atoms with Crippen LogP contribution in [0.4, 0.5) is 0 Å². The summed E-state index contributed by atoms with van der Waals surface area (Å²) < 4.78 is 0. The van der Waals surface area contributed by atoms with Crippen molar-refractivity contribution in [1.29, 1.82) is 0 Å². The third-order valence-corrected chi connectivity index (χ3v) is 3.97. The van der Waals surface area contributed by atoms with Crippen LogP contribution in [0.3, 0.4) is 0 Å². The Labute approximate surface area is 121 Å². The summed E-state index contributed by atoms with van der Waals surface area (Å²) >= 11 is 12.3. The summed E-state index contributed by atoms with van der Waals surface area (Å²) in [4.78, 5) is 0. The Morgan fingerprint density at radius 3 is 2.50 bits per heavy atom. The van der Waals surface area contributed by atoms with Crippen molar-refractivity contribution in [3.05, 3.63) is 33.8 Å². The maximum absolute atomic E-state index is 6.34. The number of likely N-dealkylation sites (N-methyl/N-ethyl adjacent to an activating group) is 1. The van der Waals surface area contributed by atoms with Crippen LogP contribution in [0.15, 0.2) is 18.2 Å². The fraction of sp³-hybridized carbons (Fsp3) is 0.600. The van der Waals surface area contributed by atoms with E-state index in [0.29, 0.717) is 16.9 Å². The Bertz CT molecular complexity index is 366. The molecule has 2 unspecified atom stereocenters. The maximum Gasteiger partial charge on any atom is 0.0456 e. The van der Waals surface area contributed by atoms with Crippen LogP contribution in [-0.2, 0) is 0 Å². The molecule has 0 spiro atoms. The first-order valence-electron chi connectivity index (χ1n) is 6.75. The van der Waals surface area contributed by atoms with Gasteiger partial charge in [0.1, 0.15) is 0 Å². The monoisotopic (exact) mass is 287 g/mol. The fourth-order valence-electron chi connectivity index (χ4n) is 2.38. The van der Waals surface area contributed by atoms with Crippen molar-refractivity contribution in [2.45, 2.75) is 39.5 Å². The highest BCUT2D eigenvalue weighted by Crippen LogP contribution is 2.33. The van der Waals surface area contributed by atoms with Crippen LogP contribution < -0.4 is 5.32 Å². The number of rotatable bonds is 7. The van der Waals surface area contributed by atoms with E-state index in [2.05, 4.69) is 32.2 Å². The highest BCUT2D eigenvalue weighted by Gasteiger charge is 2.20. The number of nitrogens with one attached hydrogen (secondary N) is 1. The van der Waals surface area contributed by atoms with Crippen LogP contribution in [0.2, 0.25) is 10.0 Å². The van der Waals surface area contributed by atoms with Gasteiger partial charge in [0, 0.05) is 22.5 Å². The Hall–Kier alpha value is -0.240. The number of hydrogen-bond acceptors (Lipinski definition) is 1. The van der Waals surface area contributed by atoms with Crippen molar-refractivity contribution >= 4 is 23.2 Å². The summed E-state index contributed by atoms with van der Waals surface area (Å²) in [5.74, 6) is 1.07. The standard InChI is InChI=1S/C15H23Cl2N/c1-4-6-11(3)14(10-18-5-2)13-8-7-12(16)9-15(13)17/h7-9,11,14,18H,4-6,10H2,1-3H3. The fourth-order valence-corrected chi connectivity index (χ4v) is 2.92. The average molecular weight is 288 g/mol. The predicted octanol–water partition coefficient (Wildman–Crippen LogP) is 5.12. The largest absolute Gasteiger partial charge is 0.316 e. The minimum Gasteiger partial charge on any atom is -0.316 e. The molecule has 2 atom stereocenters. The molecule has 0 aliphatic carbocycles. The molecule has 0 aromatic heterocycles. The van der Waals surface area contributed by atoms with E-state index in [0.717, 1.165) is 18.1 Å². The Morgan fingerprint density at radius 1 is 1.22 bits per heavy atom. The molecule has 0 radical (unpaired) electrons.